The molecule has 0 fully saturated rings. The molecule has 0 saturated heterocycles. The Labute approximate surface area is 189 Å². The van der Waals surface area contributed by atoms with Gasteiger partial charge in [0.1, 0.15) is 0 Å². The lowest BCUT2D eigenvalue weighted by Gasteiger charge is -2.22. The zero-order chi connectivity index (χ0) is 21.6. The van der Waals surface area contributed by atoms with Gasteiger partial charge in [-0.25, -0.2) is 8.42 Å². The number of hydrogen-bond acceptors (Lipinski definition) is 3. The van der Waals surface area contributed by atoms with Gasteiger partial charge in [-0.3, -0.25) is 4.79 Å². The van der Waals surface area contributed by atoms with E-state index in [-0.39, 0.29) is 18.0 Å². The molecule has 1 N–H and O–H groups in total. The lowest BCUT2D eigenvalue weighted by Crippen LogP contribution is -2.39. The number of carbonyl (C=O) groups excluding carboxylic acids is 1. The highest BCUT2D eigenvalue weighted by molar-refractivity contribution is 9.10. The van der Waals surface area contributed by atoms with Gasteiger partial charge >= 0.3 is 0 Å². The molecular formula is C22H20BrClN2O3S. The molecule has 3 aromatic rings. The van der Waals surface area contributed by atoms with Crippen molar-refractivity contribution in [1.82, 2.24) is 4.31 Å². The Balaban J connectivity index is 1.80. The molecule has 156 valence electrons. The molecule has 0 heterocycles. The number of nitrogens with one attached hydrogen (secondary N) is 1. The number of nitrogens with zero attached hydrogens (tertiary/aromatic N) is 1. The van der Waals surface area contributed by atoms with Crippen molar-refractivity contribution in [3.63, 3.8) is 0 Å². The van der Waals surface area contributed by atoms with E-state index in [1.807, 2.05) is 36.4 Å². The molecule has 0 atom stereocenters. The Hall–Kier alpha value is -2.19. The van der Waals surface area contributed by atoms with Crippen LogP contribution in [0.4, 0.5) is 5.69 Å². The fourth-order valence-corrected chi connectivity index (χ4v) is 4.79. The third kappa shape index (κ3) is 6.15. The quantitative estimate of drug-likeness (QED) is 0.468. The molecule has 0 aliphatic rings. The highest BCUT2D eigenvalue weighted by atomic mass is 79.9. The molecule has 3 rings (SSSR count). The predicted molar refractivity (Wildman–Crippen MR) is 123 cm³/mol. The maximum Gasteiger partial charge on any atom is 0.243 e. The van der Waals surface area contributed by atoms with Crippen molar-refractivity contribution in [2.45, 2.75) is 11.3 Å². The summed E-state index contributed by atoms with van der Waals surface area (Å²) in [4.78, 5) is 12.7. The summed E-state index contributed by atoms with van der Waals surface area (Å²) in [6, 6.07) is 22.6. The van der Waals surface area contributed by atoms with Crippen LogP contribution in [0.25, 0.3) is 0 Å². The largest absolute Gasteiger partial charge is 0.325 e. The summed E-state index contributed by atoms with van der Waals surface area (Å²) in [5.41, 5.74) is 1.57. The maximum absolute atomic E-state index is 13.2. The second-order valence-electron chi connectivity index (χ2n) is 6.59. The molecule has 0 saturated carbocycles. The summed E-state index contributed by atoms with van der Waals surface area (Å²) >= 11 is 9.25. The molecule has 0 aliphatic heterocycles. The average Bonchev–Trinajstić information content (AvgIpc) is 2.72. The number of amides is 1. The number of anilines is 1. The average molecular weight is 508 g/mol. The summed E-state index contributed by atoms with van der Waals surface area (Å²) in [6.07, 6.45) is 0.484. The molecule has 0 aliphatic carbocycles. The summed E-state index contributed by atoms with van der Waals surface area (Å²) in [5, 5.41) is 3.19. The van der Waals surface area contributed by atoms with Gasteiger partial charge in [0, 0.05) is 21.7 Å². The lowest BCUT2D eigenvalue weighted by atomic mass is 10.1. The third-order valence-electron chi connectivity index (χ3n) is 4.37. The fraction of sp³-hybridized carbons (Fsp3) is 0.136. The Kier molecular flexibility index (Phi) is 7.66. The van der Waals surface area contributed by atoms with Gasteiger partial charge in [-0.15, -0.1) is 0 Å². The minimum atomic E-state index is -3.88. The van der Waals surface area contributed by atoms with Crippen LogP contribution in [0.1, 0.15) is 5.56 Å². The molecular weight excluding hydrogens is 488 g/mol. The number of rotatable bonds is 8. The van der Waals surface area contributed by atoms with E-state index in [1.54, 1.807) is 18.2 Å². The summed E-state index contributed by atoms with van der Waals surface area (Å²) in [7, 11) is -3.88. The van der Waals surface area contributed by atoms with E-state index in [1.165, 1.54) is 28.6 Å². The van der Waals surface area contributed by atoms with Crippen LogP contribution in [0.5, 0.6) is 0 Å². The van der Waals surface area contributed by atoms with Gasteiger partial charge in [0.2, 0.25) is 15.9 Å². The van der Waals surface area contributed by atoms with E-state index in [0.717, 1.165) is 10.0 Å². The molecule has 5 nitrogen and oxygen atoms in total. The van der Waals surface area contributed by atoms with Crippen LogP contribution in [-0.4, -0.2) is 31.7 Å². The normalized spacial score (nSPS) is 11.4. The van der Waals surface area contributed by atoms with Crippen molar-refractivity contribution >= 4 is 49.1 Å². The molecule has 0 spiro atoms. The van der Waals surface area contributed by atoms with Crippen LogP contribution < -0.4 is 5.32 Å². The van der Waals surface area contributed by atoms with Crippen molar-refractivity contribution in [1.29, 1.82) is 0 Å². The number of hydrogen-bond donors (Lipinski definition) is 1. The number of sulfonamides is 1. The van der Waals surface area contributed by atoms with Crippen molar-refractivity contribution in [3.05, 3.63) is 93.9 Å². The highest BCUT2D eigenvalue weighted by Crippen LogP contribution is 2.20. The Morgan fingerprint density at radius 3 is 2.33 bits per heavy atom. The van der Waals surface area contributed by atoms with Crippen LogP contribution in [0, 0.1) is 0 Å². The van der Waals surface area contributed by atoms with Gasteiger partial charge in [-0.05, 0) is 54.4 Å². The maximum atomic E-state index is 13.2. The van der Waals surface area contributed by atoms with Crippen molar-refractivity contribution < 1.29 is 13.2 Å². The Morgan fingerprint density at radius 1 is 0.967 bits per heavy atom. The second kappa shape index (κ2) is 10.2. The van der Waals surface area contributed by atoms with Crippen LogP contribution in [0.2, 0.25) is 5.02 Å². The molecule has 0 bridgehead atoms. The van der Waals surface area contributed by atoms with E-state index in [2.05, 4.69) is 21.2 Å². The van der Waals surface area contributed by atoms with Gasteiger partial charge < -0.3 is 5.32 Å². The first-order valence-corrected chi connectivity index (χ1v) is 11.8. The number of halogens is 2. The van der Waals surface area contributed by atoms with Gasteiger partial charge in [0.25, 0.3) is 0 Å². The van der Waals surface area contributed by atoms with Gasteiger partial charge in [0.05, 0.1) is 11.4 Å². The topological polar surface area (TPSA) is 66.5 Å². The van der Waals surface area contributed by atoms with Crippen LogP contribution in [-0.2, 0) is 21.2 Å². The van der Waals surface area contributed by atoms with Gasteiger partial charge in [-0.1, -0.05) is 63.9 Å². The predicted octanol–water partition coefficient (Wildman–Crippen LogP) is 4.97. The smallest absolute Gasteiger partial charge is 0.243 e. The van der Waals surface area contributed by atoms with E-state index >= 15 is 0 Å². The van der Waals surface area contributed by atoms with Crippen molar-refractivity contribution in [2.24, 2.45) is 0 Å². The fourth-order valence-electron chi connectivity index (χ4n) is 2.87. The van der Waals surface area contributed by atoms with E-state index in [0.29, 0.717) is 17.1 Å². The zero-order valence-electron chi connectivity index (χ0n) is 16.0. The minimum absolute atomic E-state index is 0.0928. The third-order valence-corrected chi connectivity index (χ3v) is 6.98. The summed E-state index contributed by atoms with van der Waals surface area (Å²) in [6.45, 7) is -0.134. The molecule has 0 unspecified atom stereocenters. The zero-order valence-corrected chi connectivity index (χ0v) is 19.1. The molecule has 3 aromatic carbocycles. The Morgan fingerprint density at radius 2 is 1.67 bits per heavy atom. The van der Waals surface area contributed by atoms with E-state index in [4.69, 9.17) is 11.6 Å². The molecule has 0 aromatic heterocycles. The van der Waals surface area contributed by atoms with Crippen molar-refractivity contribution in [3.8, 4) is 0 Å². The molecule has 1 amide bonds. The monoisotopic (exact) mass is 506 g/mol. The second-order valence-corrected chi connectivity index (χ2v) is 9.88. The highest BCUT2D eigenvalue weighted by Gasteiger charge is 2.26. The van der Waals surface area contributed by atoms with Crippen molar-refractivity contribution in [2.75, 3.05) is 18.4 Å². The molecule has 0 radical (unpaired) electrons. The summed E-state index contributed by atoms with van der Waals surface area (Å²) in [5.74, 6) is -0.418. The first-order valence-electron chi connectivity index (χ1n) is 9.20. The first-order chi connectivity index (χ1) is 14.3. The van der Waals surface area contributed by atoms with Gasteiger partial charge in [-0.2, -0.15) is 4.31 Å². The SMILES string of the molecule is O=C(CN(CCc1ccccc1)S(=O)(=O)c1ccc(Cl)cc1)Nc1cccc(Br)c1. The number of benzene rings is 3. The lowest BCUT2D eigenvalue weighted by molar-refractivity contribution is -0.116. The van der Waals surface area contributed by atoms with E-state index < -0.39 is 15.9 Å². The standard InChI is InChI=1S/C22H20BrClN2O3S/c23-18-7-4-8-20(15-18)25-22(27)16-26(14-13-17-5-2-1-3-6-17)30(28,29)21-11-9-19(24)10-12-21/h1-12,15H,13-14,16H2,(H,25,27). The van der Waals surface area contributed by atoms with Gasteiger partial charge in [0.15, 0.2) is 0 Å². The van der Waals surface area contributed by atoms with Crippen LogP contribution in [0.15, 0.2) is 88.2 Å². The van der Waals surface area contributed by atoms with Crippen LogP contribution in [0.3, 0.4) is 0 Å². The van der Waals surface area contributed by atoms with E-state index in [9.17, 15) is 13.2 Å². The first kappa shape index (κ1) is 22.5. The molecule has 30 heavy (non-hydrogen) atoms. The summed E-state index contributed by atoms with van der Waals surface area (Å²) < 4.78 is 28.4. The minimum Gasteiger partial charge on any atom is -0.325 e. The molecule has 8 heteroatoms. The van der Waals surface area contributed by atoms with Crippen LogP contribution >= 0.6 is 27.5 Å². The Bertz CT molecular complexity index is 1110. The number of carbonyl (C=O) groups is 1.